The first-order valence-electron chi connectivity index (χ1n) is 11.6. The van der Waals surface area contributed by atoms with Crippen LogP contribution in [0.5, 0.6) is 5.75 Å². The normalized spacial score (nSPS) is 22.3. The number of nitriles is 1. The summed E-state index contributed by atoms with van der Waals surface area (Å²) in [5.41, 5.74) is 2.22. The number of likely N-dealkylation sites (tertiary alicyclic amines) is 1. The second-order valence-corrected chi connectivity index (χ2v) is 9.19. The number of carbonyl (C=O) groups is 1. The quantitative estimate of drug-likeness (QED) is 0.401. The zero-order valence-electron chi connectivity index (χ0n) is 18.9. The summed E-state index contributed by atoms with van der Waals surface area (Å²) in [6.07, 6.45) is 0.344. The minimum absolute atomic E-state index is 0.280. The van der Waals surface area contributed by atoms with Crippen molar-refractivity contribution in [3.63, 3.8) is 0 Å². The Morgan fingerprint density at radius 1 is 1.15 bits per heavy atom. The Bertz CT molecular complexity index is 962. The molecule has 174 valence electrons. The van der Waals surface area contributed by atoms with Crippen LogP contribution < -0.4 is 10.1 Å². The van der Waals surface area contributed by atoms with Crippen molar-refractivity contribution < 1.29 is 14.3 Å². The van der Waals surface area contributed by atoms with Gasteiger partial charge in [-0.05, 0) is 60.6 Å². The molecule has 7 heteroatoms. The number of carbonyl (C=O) groups excluding carboxylic acids is 1. The van der Waals surface area contributed by atoms with Crippen molar-refractivity contribution in [2.45, 2.75) is 25.9 Å². The van der Waals surface area contributed by atoms with Gasteiger partial charge in [-0.2, -0.15) is 5.26 Å². The third kappa shape index (κ3) is 6.26. The number of hydrogen-bond acceptors (Lipinski definition) is 6. The van der Waals surface area contributed by atoms with Crippen LogP contribution in [-0.4, -0.2) is 49.8 Å². The van der Waals surface area contributed by atoms with Crippen molar-refractivity contribution in [3.05, 3.63) is 64.7 Å². The maximum absolute atomic E-state index is 11.8. The Labute approximate surface area is 200 Å². The average molecular weight is 468 g/mol. The second-order valence-electron chi connectivity index (χ2n) is 8.76. The second kappa shape index (κ2) is 11.0. The molecule has 0 amide bonds. The van der Waals surface area contributed by atoms with E-state index < -0.39 is 11.9 Å². The van der Waals surface area contributed by atoms with Gasteiger partial charge in [-0.3, -0.25) is 9.69 Å². The summed E-state index contributed by atoms with van der Waals surface area (Å²) in [4.78, 5) is 14.3. The lowest BCUT2D eigenvalue weighted by atomic mass is 10.0. The van der Waals surface area contributed by atoms with E-state index in [1.807, 2.05) is 42.5 Å². The summed E-state index contributed by atoms with van der Waals surface area (Å²) in [5.74, 6) is 1.02. The third-order valence-electron chi connectivity index (χ3n) is 6.43. The largest absolute Gasteiger partial charge is 0.492 e. The lowest BCUT2D eigenvalue weighted by Crippen LogP contribution is -2.33. The van der Waals surface area contributed by atoms with Crippen LogP contribution in [0.15, 0.2) is 48.5 Å². The molecule has 1 aliphatic heterocycles. The fraction of sp³-hybridized carbons (Fsp3) is 0.462. The molecule has 0 aromatic heterocycles. The number of fused-ring (bicyclic) bond motifs is 1. The van der Waals surface area contributed by atoms with Gasteiger partial charge in [-0.25, -0.2) is 0 Å². The lowest BCUT2D eigenvalue weighted by Gasteiger charge is -2.20. The van der Waals surface area contributed by atoms with Crippen LogP contribution in [0.3, 0.4) is 0 Å². The van der Waals surface area contributed by atoms with Crippen LogP contribution >= 0.6 is 11.6 Å². The SMILES string of the molecule is CCOC(=O)[C@H](C#N)Cc1ccc(OCCN[C@H]2C3CN(Cc4ccc(Cl)cc4)C[C@@H]32)cc1. The van der Waals surface area contributed by atoms with E-state index in [1.54, 1.807) is 6.92 Å². The smallest absolute Gasteiger partial charge is 0.323 e. The van der Waals surface area contributed by atoms with Gasteiger partial charge in [-0.1, -0.05) is 35.9 Å². The summed E-state index contributed by atoms with van der Waals surface area (Å²) in [6.45, 7) is 6.71. The molecule has 1 saturated heterocycles. The Hall–Kier alpha value is -2.59. The van der Waals surface area contributed by atoms with Gasteiger partial charge >= 0.3 is 5.97 Å². The van der Waals surface area contributed by atoms with Crippen LogP contribution in [0.4, 0.5) is 0 Å². The Kier molecular flexibility index (Phi) is 7.87. The zero-order chi connectivity index (χ0) is 23.2. The van der Waals surface area contributed by atoms with Crippen molar-refractivity contribution in [2.24, 2.45) is 17.8 Å². The minimum Gasteiger partial charge on any atom is -0.492 e. The molecule has 1 unspecified atom stereocenters. The number of hydrogen-bond donors (Lipinski definition) is 1. The molecule has 0 spiro atoms. The molecule has 2 aromatic rings. The van der Waals surface area contributed by atoms with Gasteiger partial charge in [0.05, 0.1) is 12.7 Å². The molecule has 1 saturated carbocycles. The summed E-state index contributed by atoms with van der Waals surface area (Å²) in [6, 6.07) is 18.3. The van der Waals surface area contributed by atoms with Crippen LogP contribution in [0.25, 0.3) is 0 Å². The van der Waals surface area contributed by atoms with Gasteiger partial charge in [0.25, 0.3) is 0 Å². The molecule has 6 nitrogen and oxygen atoms in total. The highest BCUT2D eigenvalue weighted by Crippen LogP contribution is 2.45. The first-order chi connectivity index (χ1) is 16.1. The van der Waals surface area contributed by atoms with E-state index in [2.05, 4.69) is 22.3 Å². The topological polar surface area (TPSA) is 74.6 Å². The molecule has 1 aliphatic carbocycles. The molecule has 2 aliphatic rings. The molecule has 1 heterocycles. The van der Waals surface area contributed by atoms with Gasteiger partial charge < -0.3 is 14.8 Å². The van der Waals surface area contributed by atoms with E-state index in [-0.39, 0.29) is 6.61 Å². The molecular weight excluding hydrogens is 438 g/mol. The Morgan fingerprint density at radius 2 is 1.82 bits per heavy atom. The van der Waals surface area contributed by atoms with E-state index in [4.69, 9.17) is 21.1 Å². The molecule has 4 rings (SSSR count). The first kappa shape index (κ1) is 23.6. The van der Waals surface area contributed by atoms with E-state index in [9.17, 15) is 10.1 Å². The fourth-order valence-electron chi connectivity index (χ4n) is 4.67. The Morgan fingerprint density at radius 3 is 2.45 bits per heavy atom. The number of esters is 1. The number of nitrogens with zero attached hydrogens (tertiary/aromatic N) is 2. The number of ether oxygens (including phenoxy) is 2. The zero-order valence-corrected chi connectivity index (χ0v) is 19.6. The van der Waals surface area contributed by atoms with Gasteiger partial charge in [0, 0.05) is 37.2 Å². The van der Waals surface area contributed by atoms with E-state index >= 15 is 0 Å². The van der Waals surface area contributed by atoms with Crippen molar-refractivity contribution in [1.29, 1.82) is 5.26 Å². The van der Waals surface area contributed by atoms with E-state index in [0.717, 1.165) is 54.4 Å². The average Bonchev–Trinajstić information content (AvgIpc) is 3.27. The predicted octanol–water partition coefficient (Wildman–Crippen LogP) is 3.68. The lowest BCUT2D eigenvalue weighted by molar-refractivity contribution is -0.145. The predicted molar refractivity (Wildman–Crippen MR) is 127 cm³/mol. The molecule has 0 radical (unpaired) electrons. The highest BCUT2D eigenvalue weighted by Gasteiger charge is 2.55. The summed E-state index contributed by atoms with van der Waals surface area (Å²) < 4.78 is 10.8. The molecule has 4 atom stereocenters. The van der Waals surface area contributed by atoms with Crippen molar-refractivity contribution in [2.75, 3.05) is 32.8 Å². The molecule has 0 bridgehead atoms. The maximum atomic E-state index is 11.8. The summed E-state index contributed by atoms with van der Waals surface area (Å²) >= 11 is 5.97. The standard InChI is InChI=1S/C26H30ClN3O3/c1-2-32-26(31)20(14-28)13-18-5-9-22(10-6-18)33-12-11-29-25-23-16-30(17-24(23)25)15-19-3-7-21(27)8-4-19/h3-10,20,23-25,29H,2,11-13,15-17H2,1H3/t20-,23-,24?,25+/m0/s1. The number of benzene rings is 2. The molecule has 2 aromatic carbocycles. The van der Waals surface area contributed by atoms with Gasteiger partial charge in [0.15, 0.2) is 0 Å². The number of piperidine rings is 1. The van der Waals surface area contributed by atoms with Crippen molar-refractivity contribution in [3.8, 4) is 11.8 Å². The summed E-state index contributed by atoms with van der Waals surface area (Å²) in [7, 11) is 0. The number of rotatable bonds is 11. The van der Waals surface area contributed by atoms with E-state index in [1.165, 1.54) is 5.56 Å². The molecule has 33 heavy (non-hydrogen) atoms. The van der Waals surface area contributed by atoms with Crippen molar-refractivity contribution >= 4 is 17.6 Å². The molecule has 1 N–H and O–H groups in total. The first-order valence-corrected chi connectivity index (χ1v) is 11.9. The van der Waals surface area contributed by atoms with Gasteiger partial charge in [-0.15, -0.1) is 0 Å². The number of nitrogens with one attached hydrogen (secondary N) is 1. The van der Waals surface area contributed by atoms with Gasteiger partial charge in [0.2, 0.25) is 0 Å². The summed E-state index contributed by atoms with van der Waals surface area (Å²) in [5, 5.41) is 13.6. The highest BCUT2D eigenvalue weighted by atomic mass is 35.5. The van der Waals surface area contributed by atoms with Crippen LogP contribution in [0.1, 0.15) is 18.1 Å². The van der Waals surface area contributed by atoms with E-state index in [0.29, 0.717) is 19.1 Å². The molecule has 2 fully saturated rings. The fourth-order valence-corrected chi connectivity index (χ4v) is 4.80. The van der Waals surface area contributed by atoms with Crippen LogP contribution in [0, 0.1) is 29.1 Å². The highest BCUT2D eigenvalue weighted by molar-refractivity contribution is 6.30. The Balaban J connectivity index is 1.12. The number of halogens is 1. The maximum Gasteiger partial charge on any atom is 0.323 e. The van der Waals surface area contributed by atoms with Crippen molar-refractivity contribution in [1.82, 2.24) is 10.2 Å². The van der Waals surface area contributed by atoms with Crippen LogP contribution in [0.2, 0.25) is 5.02 Å². The third-order valence-corrected chi connectivity index (χ3v) is 6.68. The molecular formula is C26H30ClN3O3. The van der Waals surface area contributed by atoms with Gasteiger partial charge in [0.1, 0.15) is 18.3 Å². The minimum atomic E-state index is -0.777. The monoisotopic (exact) mass is 467 g/mol. The van der Waals surface area contributed by atoms with Crippen LogP contribution in [-0.2, 0) is 22.5 Å².